The number of H-pyrrole nitrogens is 1. The van der Waals surface area contributed by atoms with E-state index in [9.17, 15) is 24.8 Å². The van der Waals surface area contributed by atoms with Crippen molar-refractivity contribution in [3.05, 3.63) is 72.7 Å². The third-order valence-electron chi connectivity index (χ3n) is 4.33. The molecule has 0 saturated carbocycles. The van der Waals surface area contributed by atoms with E-state index in [1.54, 1.807) is 24.3 Å². The first-order chi connectivity index (χ1) is 14.8. The van der Waals surface area contributed by atoms with Crippen molar-refractivity contribution < 1.29 is 24.3 Å². The molecular formula is C20H19N3O7S. The van der Waals surface area contributed by atoms with Crippen LogP contribution in [0.2, 0.25) is 0 Å². The predicted molar refractivity (Wildman–Crippen MR) is 114 cm³/mol. The number of nitro groups is 1. The van der Waals surface area contributed by atoms with Gasteiger partial charge in [-0.3, -0.25) is 24.7 Å². The summed E-state index contributed by atoms with van der Waals surface area (Å²) >= 11 is 0.932. The number of nitrogens with one attached hydrogen (secondary N) is 2. The van der Waals surface area contributed by atoms with Gasteiger partial charge in [0.2, 0.25) is 5.88 Å². The molecule has 0 radical (unpaired) electrons. The second-order valence-electron chi connectivity index (χ2n) is 6.50. The van der Waals surface area contributed by atoms with Crippen LogP contribution < -0.4 is 19.7 Å². The maximum absolute atomic E-state index is 12.5. The molecule has 2 aromatic carbocycles. The zero-order valence-electron chi connectivity index (χ0n) is 16.6. The van der Waals surface area contributed by atoms with Crippen molar-refractivity contribution in [3.63, 3.8) is 0 Å². The first kappa shape index (κ1) is 21.8. The average molecular weight is 445 g/mol. The lowest BCUT2D eigenvalue weighted by Crippen LogP contribution is -2.30. The van der Waals surface area contributed by atoms with Gasteiger partial charge in [0.25, 0.3) is 11.6 Å². The molecule has 1 amide bonds. The summed E-state index contributed by atoms with van der Waals surface area (Å²) in [5.41, 5.74) is 0.577. The number of carbonyl (C=O) groups excluding carboxylic acids is 1. The molecule has 1 aromatic heterocycles. The van der Waals surface area contributed by atoms with Crippen LogP contribution in [-0.4, -0.2) is 34.1 Å². The van der Waals surface area contributed by atoms with E-state index in [2.05, 4.69) is 10.3 Å². The summed E-state index contributed by atoms with van der Waals surface area (Å²) in [5.74, 6) is 0.0660. The van der Waals surface area contributed by atoms with Crippen LogP contribution in [0.15, 0.2) is 47.3 Å². The Labute approximate surface area is 180 Å². The normalized spacial score (nSPS) is 11.5. The Bertz CT molecular complexity index is 1150. The number of amides is 1. The van der Waals surface area contributed by atoms with Gasteiger partial charge in [0.15, 0.2) is 6.10 Å². The Balaban J connectivity index is 1.65. The Morgan fingerprint density at radius 2 is 1.94 bits per heavy atom. The van der Waals surface area contributed by atoms with Crippen molar-refractivity contribution in [2.45, 2.75) is 19.4 Å². The fraction of sp³-hybridized carbons (Fsp3) is 0.200. The van der Waals surface area contributed by atoms with Gasteiger partial charge in [-0.2, -0.15) is 0 Å². The molecule has 0 aliphatic rings. The quantitative estimate of drug-likeness (QED) is 0.357. The molecule has 1 unspecified atom stereocenters. The van der Waals surface area contributed by atoms with Crippen LogP contribution >= 0.6 is 11.3 Å². The van der Waals surface area contributed by atoms with Gasteiger partial charge in [-0.05, 0) is 30.7 Å². The molecule has 3 N–H and O–H groups in total. The van der Waals surface area contributed by atoms with Gasteiger partial charge < -0.3 is 19.9 Å². The number of aromatic hydroxyl groups is 1. The lowest BCUT2D eigenvalue weighted by Gasteiger charge is -2.15. The number of nitrogens with zero attached hydrogens (tertiary/aromatic N) is 1. The molecule has 0 aliphatic carbocycles. The molecule has 10 nitrogen and oxygen atoms in total. The van der Waals surface area contributed by atoms with Crippen molar-refractivity contribution in [1.82, 2.24) is 4.98 Å². The number of anilines is 1. The van der Waals surface area contributed by atoms with E-state index in [4.69, 9.17) is 9.47 Å². The molecule has 0 spiro atoms. The van der Waals surface area contributed by atoms with Crippen molar-refractivity contribution in [1.29, 1.82) is 0 Å². The highest BCUT2D eigenvalue weighted by atomic mass is 32.1. The number of methoxy groups -OCH3 is 1. The lowest BCUT2D eigenvalue weighted by molar-refractivity contribution is -0.383. The first-order valence-corrected chi connectivity index (χ1v) is 9.88. The van der Waals surface area contributed by atoms with Crippen LogP contribution in [0.1, 0.15) is 17.4 Å². The Morgan fingerprint density at radius 1 is 1.26 bits per heavy atom. The Morgan fingerprint density at radius 3 is 2.52 bits per heavy atom. The molecule has 1 heterocycles. The Hall–Kier alpha value is -3.86. The minimum atomic E-state index is -0.935. The number of aromatic amines is 1. The number of aromatic nitrogens is 1. The smallest absolute Gasteiger partial charge is 0.307 e. The largest absolute Gasteiger partial charge is 0.497 e. The molecule has 3 aromatic rings. The van der Waals surface area contributed by atoms with Gasteiger partial charge in [0.1, 0.15) is 17.2 Å². The fourth-order valence-corrected chi connectivity index (χ4v) is 3.49. The van der Waals surface area contributed by atoms with Gasteiger partial charge in [-0.1, -0.05) is 23.5 Å². The first-order valence-electron chi connectivity index (χ1n) is 9.06. The minimum Gasteiger partial charge on any atom is -0.497 e. The highest BCUT2D eigenvalue weighted by Gasteiger charge is 2.21. The summed E-state index contributed by atoms with van der Waals surface area (Å²) < 4.78 is 10.7. The van der Waals surface area contributed by atoms with E-state index in [0.29, 0.717) is 22.8 Å². The van der Waals surface area contributed by atoms with Gasteiger partial charge in [-0.25, -0.2) is 0 Å². The summed E-state index contributed by atoms with van der Waals surface area (Å²) in [6.45, 7) is 1.52. The fourth-order valence-electron chi connectivity index (χ4n) is 2.74. The summed E-state index contributed by atoms with van der Waals surface area (Å²) in [7, 11) is 1.42. The topological polar surface area (TPSA) is 144 Å². The SMILES string of the molecule is COc1ccc([N+](=O)[O-])c(NC(=O)C(C)Oc2ccc(Cc3sc(=O)[nH]c3O)cc2)c1. The zero-order valence-corrected chi connectivity index (χ0v) is 17.4. The van der Waals surface area contributed by atoms with E-state index in [1.807, 2.05) is 0 Å². The molecule has 11 heteroatoms. The highest BCUT2D eigenvalue weighted by molar-refractivity contribution is 7.09. The summed E-state index contributed by atoms with van der Waals surface area (Å²) in [5, 5.41) is 23.4. The summed E-state index contributed by atoms with van der Waals surface area (Å²) in [6, 6.07) is 10.8. The molecule has 3 rings (SSSR count). The molecular weight excluding hydrogens is 426 g/mol. The summed E-state index contributed by atoms with van der Waals surface area (Å²) in [6.07, 6.45) is -0.568. The molecule has 0 aliphatic heterocycles. The van der Waals surface area contributed by atoms with Crippen molar-refractivity contribution in [2.75, 3.05) is 12.4 Å². The lowest BCUT2D eigenvalue weighted by atomic mass is 10.1. The minimum absolute atomic E-state index is 0.00505. The van der Waals surface area contributed by atoms with Crippen LogP contribution in [0, 0.1) is 10.1 Å². The number of benzene rings is 2. The van der Waals surface area contributed by atoms with Gasteiger partial charge >= 0.3 is 4.87 Å². The number of hydrogen-bond donors (Lipinski definition) is 3. The van der Waals surface area contributed by atoms with E-state index < -0.39 is 16.9 Å². The van der Waals surface area contributed by atoms with Crippen molar-refractivity contribution in [3.8, 4) is 17.4 Å². The van der Waals surface area contributed by atoms with Crippen LogP contribution in [0.25, 0.3) is 0 Å². The molecule has 1 atom stereocenters. The number of nitro benzene ring substituents is 1. The second kappa shape index (κ2) is 9.30. The third kappa shape index (κ3) is 5.39. The molecule has 0 saturated heterocycles. The van der Waals surface area contributed by atoms with Crippen LogP contribution in [0.4, 0.5) is 11.4 Å². The Kier molecular flexibility index (Phi) is 6.55. The maximum Gasteiger partial charge on any atom is 0.307 e. The molecule has 31 heavy (non-hydrogen) atoms. The molecule has 162 valence electrons. The second-order valence-corrected chi connectivity index (χ2v) is 7.56. The van der Waals surface area contributed by atoms with Crippen LogP contribution in [0.5, 0.6) is 17.4 Å². The van der Waals surface area contributed by atoms with E-state index >= 15 is 0 Å². The van der Waals surface area contributed by atoms with Crippen LogP contribution in [0.3, 0.4) is 0 Å². The number of thiazole rings is 1. The van der Waals surface area contributed by atoms with Gasteiger partial charge in [-0.15, -0.1) is 0 Å². The van der Waals surface area contributed by atoms with E-state index in [-0.39, 0.29) is 22.1 Å². The monoisotopic (exact) mass is 445 g/mol. The zero-order chi connectivity index (χ0) is 22.5. The van der Waals surface area contributed by atoms with Gasteiger partial charge in [0.05, 0.1) is 16.9 Å². The van der Waals surface area contributed by atoms with E-state index in [1.165, 1.54) is 32.2 Å². The van der Waals surface area contributed by atoms with Crippen LogP contribution in [-0.2, 0) is 11.2 Å². The average Bonchev–Trinajstić information content (AvgIpc) is 3.05. The standard InChI is InChI=1S/C20H19N3O7S/c1-11(18(24)21-15-10-14(29-2)7-8-16(15)23(27)28)30-13-5-3-12(4-6-13)9-17-19(25)22-20(26)31-17/h3-8,10-11,25H,9H2,1-2H3,(H,21,24)(H,22,26). The number of hydrogen-bond acceptors (Lipinski definition) is 8. The number of ether oxygens (including phenoxy) is 2. The number of carbonyl (C=O) groups is 1. The van der Waals surface area contributed by atoms with Crippen molar-refractivity contribution >= 4 is 28.6 Å². The predicted octanol–water partition coefficient (Wildman–Crippen LogP) is 3.06. The maximum atomic E-state index is 12.5. The summed E-state index contributed by atoms with van der Waals surface area (Å²) in [4.78, 5) is 36.8. The number of rotatable bonds is 8. The van der Waals surface area contributed by atoms with Crippen molar-refractivity contribution in [2.24, 2.45) is 0 Å². The highest BCUT2D eigenvalue weighted by Crippen LogP contribution is 2.29. The van der Waals surface area contributed by atoms with Gasteiger partial charge in [0, 0.05) is 18.6 Å². The third-order valence-corrected chi connectivity index (χ3v) is 5.20. The van der Waals surface area contributed by atoms with E-state index in [0.717, 1.165) is 16.9 Å². The molecule has 0 bridgehead atoms. The molecule has 0 fully saturated rings.